The topological polar surface area (TPSA) is 117 Å². The van der Waals surface area contributed by atoms with Gasteiger partial charge in [0.2, 0.25) is 5.76 Å². The third kappa shape index (κ3) is 7.75. The molecular formula is C21H25F3N4O5. The minimum Gasteiger partial charge on any atom is -0.490 e. The number of carboxylic acid groups (broad SMARTS) is 1. The highest BCUT2D eigenvalue weighted by Gasteiger charge is 2.38. The fourth-order valence-electron chi connectivity index (χ4n) is 3.07. The second-order valence-electron chi connectivity index (χ2n) is 7.58. The van der Waals surface area contributed by atoms with Gasteiger partial charge >= 0.3 is 12.1 Å². The van der Waals surface area contributed by atoms with Gasteiger partial charge in [-0.05, 0) is 25.0 Å². The molecule has 2 fully saturated rings. The summed E-state index contributed by atoms with van der Waals surface area (Å²) in [6, 6.07) is 9.20. The number of alkyl halides is 3. The molecule has 1 aromatic carbocycles. The Morgan fingerprint density at radius 2 is 1.91 bits per heavy atom. The summed E-state index contributed by atoms with van der Waals surface area (Å²) in [7, 11) is 0. The van der Waals surface area contributed by atoms with Crippen molar-refractivity contribution in [1.29, 1.82) is 0 Å². The lowest BCUT2D eigenvalue weighted by molar-refractivity contribution is -0.192. The number of ether oxygens (including phenoxy) is 1. The molecule has 1 aliphatic heterocycles. The Kier molecular flexibility index (Phi) is 8.28. The molecule has 33 heavy (non-hydrogen) atoms. The highest BCUT2D eigenvalue weighted by atomic mass is 19.4. The number of para-hydroxylation sites is 2. The number of aliphatic carboxylic acids is 1. The average Bonchev–Trinajstić information content (AvgIpc) is 3.51. The van der Waals surface area contributed by atoms with Crippen molar-refractivity contribution < 1.29 is 37.1 Å². The number of carbonyl (C=O) groups excluding carboxylic acids is 1. The number of halogens is 3. The van der Waals surface area contributed by atoms with E-state index in [-0.39, 0.29) is 11.7 Å². The Bertz CT molecular complexity index is 940. The van der Waals surface area contributed by atoms with Crippen LogP contribution >= 0.6 is 0 Å². The minimum atomic E-state index is -5.08. The molecule has 0 spiro atoms. The zero-order valence-electron chi connectivity index (χ0n) is 17.7. The van der Waals surface area contributed by atoms with E-state index in [0.29, 0.717) is 24.0 Å². The van der Waals surface area contributed by atoms with Crippen LogP contribution in [0, 0.1) is 0 Å². The van der Waals surface area contributed by atoms with Crippen molar-refractivity contribution >= 4 is 17.6 Å². The lowest BCUT2D eigenvalue weighted by Crippen LogP contribution is -2.44. The van der Waals surface area contributed by atoms with Gasteiger partial charge in [0.05, 0.1) is 11.4 Å². The molecule has 1 amide bonds. The van der Waals surface area contributed by atoms with Crippen molar-refractivity contribution in [3.8, 4) is 5.75 Å². The zero-order chi connectivity index (χ0) is 23.8. The monoisotopic (exact) mass is 470 g/mol. The number of benzene rings is 1. The molecule has 1 saturated heterocycles. The van der Waals surface area contributed by atoms with Crippen LogP contribution in [-0.4, -0.2) is 72.5 Å². The van der Waals surface area contributed by atoms with Crippen LogP contribution in [0.5, 0.6) is 5.75 Å². The lowest BCUT2D eigenvalue weighted by Gasteiger charge is -2.27. The summed E-state index contributed by atoms with van der Waals surface area (Å²) < 4.78 is 42.8. The van der Waals surface area contributed by atoms with Crippen molar-refractivity contribution in [1.82, 2.24) is 15.4 Å². The number of nitrogens with zero attached hydrogens (tertiary/aromatic N) is 2. The van der Waals surface area contributed by atoms with E-state index in [4.69, 9.17) is 19.2 Å². The van der Waals surface area contributed by atoms with Crippen LogP contribution in [0.25, 0.3) is 0 Å². The number of rotatable bonds is 7. The van der Waals surface area contributed by atoms with Crippen molar-refractivity contribution in [2.75, 3.05) is 44.6 Å². The summed E-state index contributed by atoms with van der Waals surface area (Å²) in [5, 5.41) is 17.3. The molecule has 9 nitrogen and oxygen atoms in total. The van der Waals surface area contributed by atoms with Crippen LogP contribution < -0.4 is 15.4 Å². The van der Waals surface area contributed by atoms with Gasteiger partial charge in [0.15, 0.2) is 0 Å². The molecule has 2 heterocycles. The van der Waals surface area contributed by atoms with Gasteiger partial charge in [-0.1, -0.05) is 17.3 Å². The smallest absolute Gasteiger partial charge is 0.490 e. The SMILES string of the molecule is O=C(Nc1ccccc1OCCN1CCNCC1)c1cc(C2CC2)no1.O=C(O)C(F)(F)F. The molecule has 180 valence electrons. The second-order valence-corrected chi connectivity index (χ2v) is 7.58. The number of carboxylic acids is 1. The first kappa shape index (κ1) is 24.5. The third-order valence-corrected chi connectivity index (χ3v) is 5.00. The van der Waals surface area contributed by atoms with E-state index in [1.54, 1.807) is 6.07 Å². The van der Waals surface area contributed by atoms with E-state index in [1.807, 2.05) is 24.3 Å². The summed E-state index contributed by atoms with van der Waals surface area (Å²) in [6.45, 7) is 5.57. The van der Waals surface area contributed by atoms with Crippen LogP contribution in [0.15, 0.2) is 34.9 Å². The van der Waals surface area contributed by atoms with E-state index in [1.165, 1.54) is 0 Å². The van der Waals surface area contributed by atoms with Crippen molar-refractivity contribution in [2.45, 2.75) is 24.9 Å². The maximum atomic E-state index is 12.4. The first-order valence-corrected chi connectivity index (χ1v) is 10.5. The Labute approximate surface area is 187 Å². The molecule has 2 aromatic rings. The van der Waals surface area contributed by atoms with Crippen molar-refractivity contribution in [3.63, 3.8) is 0 Å². The molecule has 0 atom stereocenters. The van der Waals surface area contributed by atoms with Gasteiger partial charge in [0.25, 0.3) is 5.91 Å². The van der Waals surface area contributed by atoms with Gasteiger partial charge in [0, 0.05) is 44.7 Å². The zero-order valence-corrected chi connectivity index (χ0v) is 17.7. The van der Waals surface area contributed by atoms with Crippen LogP contribution in [0.4, 0.5) is 18.9 Å². The molecule has 1 saturated carbocycles. The fraction of sp³-hybridized carbons (Fsp3) is 0.476. The third-order valence-electron chi connectivity index (χ3n) is 5.00. The van der Waals surface area contributed by atoms with E-state index in [0.717, 1.165) is 51.3 Å². The van der Waals surface area contributed by atoms with Gasteiger partial charge in [-0.2, -0.15) is 13.2 Å². The van der Waals surface area contributed by atoms with Gasteiger partial charge in [-0.3, -0.25) is 9.69 Å². The van der Waals surface area contributed by atoms with Gasteiger partial charge in [-0.25, -0.2) is 4.79 Å². The molecular weight excluding hydrogens is 445 g/mol. The predicted octanol–water partition coefficient (Wildman–Crippen LogP) is 2.72. The first-order valence-electron chi connectivity index (χ1n) is 10.5. The lowest BCUT2D eigenvalue weighted by atomic mass is 10.2. The quantitative estimate of drug-likeness (QED) is 0.566. The van der Waals surface area contributed by atoms with Gasteiger partial charge in [0.1, 0.15) is 12.4 Å². The summed E-state index contributed by atoms with van der Waals surface area (Å²) in [5.41, 5.74) is 1.51. The normalized spacial score (nSPS) is 16.5. The Morgan fingerprint density at radius 1 is 1.24 bits per heavy atom. The molecule has 4 rings (SSSR count). The average molecular weight is 470 g/mol. The minimum absolute atomic E-state index is 0.238. The Hall–Kier alpha value is -3.12. The molecule has 3 N–H and O–H groups in total. The molecule has 1 aliphatic carbocycles. The Morgan fingerprint density at radius 3 is 2.55 bits per heavy atom. The summed E-state index contributed by atoms with van der Waals surface area (Å²) >= 11 is 0. The Balaban J connectivity index is 0.000000383. The van der Waals surface area contributed by atoms with Crippen molar-refractivity contribution in [3.05, 3.63) is 41.8 Å². The number of carbonyl (C=O) groups is 2. The molecule has 0 bridgehead atoms. The number of hydrogen-bond acceptors (Lipinski definition) is 7. The molecule has 0 radical (unpaired) electrons. The number of piperazine rings is 1. The van der Waals surface area contributed by atoms with Crippen LogP contribution in [-0.2, 0) is 4.79 Å². The molecule has 0 unspecified atom stereocenters. The van der Waals surface area contributed by atoms with E-state index in [2.05, 4.69) is 20.7 Å². The number of hydrogen-bond donors (Lipinski definition) is 3. The highest BCUT2D eigenvalue weighted by Crippen LogP contribution is 2.39. The van der Waals surface area contributed by atoms with Crippen LogP contribution in [0.2, 0.25) is 0 Å². The fourth-order valence-corrected chi connectivity index (χ4v) is 3.07. The van der Waals surface area contributed by atoms with Crippen LogP contribution in [0.1, 0.15) is 35.0 Å². The van der Waals surface area contributed by atoms with Crippen molar-refractivity contribution in [2.24, 2.45) is 0 Å². The summed E-state index contributed by atoms with van der Waals surface area (Å²) in [5.74, 6) is -1.70. The predicted molar refractivity (Wildman–Crippen MR) is 111 cm³/mol. The number of anilines is 1. The molecule has 12 heteroatoms. The molecule has 1 aromatic heterocycles. The van der Waals surface area contributed by atoms with E-state index >= 15 is 0 Å². The summed E-state index contributed by atoms with van der Waals surface area (Å²) in [6.07, 6.45) is -2.84. The standard InChI is InChI=1S/C19H24N4O3.C2HF3O2/c24-19(18-13-16(22-26-18)14-5-6-14)21-15-3-1-2-4-17(15)25-12-11-23-9-7-20-8-10-23;3-2(4,5)1(6)7/h1-4,13-14,20H,5-12H2,(H,21,24);(H,6,7). The first-order chi connectivity index (χ1) is 15.7. The number of aromatic nitrogens is 1. The van der Waals surface area contributed by atoms with E-state index < -0.39 is 12.1 Å². The van der Waals surface area contributed by atoms with Crippen LogP contribution in [0.3, 0.4) is 0 Å². The van der Waals surface area contributed by atoms with E-state index in [9.17, 15) is 18.0 Å². The van der Waals surface area contributed by atoms with Gasteiger partial charge in [-0.15, -0.1) is 0 Å². The molecule has 2 aliphatic rings. The highest BCUT2D eigenvalue weighted by molar-refractivity contribution is 6.03. The second kappa shape index (κ2) is 11.1. The maximum absolute atomic E-state index is 12.4. The summed E-state index contributed by atoms with van der Waals surface area (Å²) in [4.78, 5) is 23.7. The number of nitrogens with one attached hydrogen (secondary N) is 2. The largest absolute Gasteiger partial charge is 0.490 e. The maximum Gasteiger partial charge on any atom is 0.490 e. The number of amides is 1. The van der Waals surface area contributed by atoms with Gasteiger partial charge < -0.3 is 25.0 Å².